The average Bonchev–Trinajstić information content (AvgIpc) is 3.40. The number of ether oxygens (including phenoxy) is 1. The summed E-state index contributed by atoms with van der Waals surface area (Å²) in [5.41, 5.74) is 2.45. The molecule has 7 nitrogen and oxygen atoms in total. The highest BCUT2D eigenvalue weighted by Gasteiger charge is 2.33. The van der Waals surface area contributed by atoms with Crippen molar-refractivity contribution in [2.45, 2.75) is 6.42 Å². The number of carboxylic acids is 1. The number of amides is 1. The van der Waals surface area contributed by atoms with Crippen LogP contribution in [0.5, 0.6) is 0 Å². The molecule has 2 heterocycles. The van der Waals surface area contributed by atoms with Gasteiger partial charge in [-0.3, -0.25) is 9.69 Å². The third kappa shape index (κ3) is 5.24. The smallest absolute Gasteiger partial charge is 0.335 e. The van der Waals surface area contributed by atoms with E-state index in [2.05, 4.69) is 0 Å². The molecule has 8 heteroatoms. The van der Waals surface area contributed by atoms with Crippen molar-refractivity contribution in [2.75, 3.05) is 20.3 Å². The molecule has 3 aromatic rings. The van der Waals surface area contributed by atoms with Crippen LogP contribution in [0.3, 0.4) is 0 Å². The number of carboxylic acid groups (broad SMARTS) is 1. The van der Waals surface area contributed by atoms with Gasteiger partial charge in [-0.05, 0) is 66.7 Å². The summed E-state index contributed by atoms with van der Waals surface area (Å²) in [6.07, 6.45) is 4.35. The Hall–Kier alpha value is -3.62. The van der Waals surface area contributed by atoms with Gasteiger partial charge in [0.1, 0.15) is 0 Å². The summed E-state index contributed by atoms with van der Waals surface area (Å²) >= 11 is 1.33. The molecule has 4 rings (SSSR count). The Kier molecular flexibility index (Phi) is 7.07. The highest BCUT2D eigenvalue weighted by molar-refractivity contribution is 8.18. The molecule has 1 aromatic heterocycles. The predicted molar refractivity (Wildman–Crippen MR) is 130 cm³/mol. The summed E-state index contributed by atoms with van der Waals surface area (Å²) in [5, 5.41) is 9.94. The molecule has 0 spiro atoms. The Morgan fingerprint density at radius 2 is 1.94 bits per heavy atom. The molecule has 1 aliphatic rings. The number of hydrogen-bond acceptors (Lipinski definition) is 5. The second-order valence-electron chi connectivity index (χ2n) is 7.30. The molecule has 1 saturated heterocycles. The second-order valence-corrected chi connectivity index (χ2v) is 8.31. The minimum Gasteiger partial charge on any atom is -0.478 e. The summed E-state index contributed by atoms with van der Waals surface area (Å²) in [4.78, 5) is 31.5. The van der Waals surface area contributed by atoms with Crippen molar-refractivity contribution in [3.63, 3.8) is 0 Å². The van der Waals surface area contributed by atoms with E-state index in [-0.39, 0.29) is 11.5 Å². The Labute approximate surface area is 196 Å². The normalized spacial score (nSPS) is 16.2. The van der Waals surface area contributed by atoms with Crippen LogP contribution in [0.25, 0.3) is 11.8 Å². The monoisotopic (exact) mass is 461 g/mol. The van der Waals surface area contributed by atoms with Crippen LogP contribution in [-0.4, -0.2) is 51.9 Å². The number of para-hydroxylation sites is 1. The lowest BCUT2D eigenvalue weighted by atomic mass is 10.2. The molecule has 0 unspecified atom stereocenters. The van der Waals surface area contributed by atoms with Gasteiger partial charge in [-0.1, -0.05) is 24.3 Å². The van der Waals surface area contributed by atoms with Gasteiger partial charge < -0.3 is 14.4 Å². The van der Waals surface area contributed by atoms with E-state index in [1.807, 2.05) is 65.4 Å². The fourth-order valence-electron chi connectivity index (χ4n) is 3.44. The zero-order valence-corrected chi connectivity index (χ0v) is 18.9. The Morgan fingerprint density at radius 1 is 1.12 bits per heavy atom. The third-order valence-corrected chi connectivity index (χ3v) is 6.04. The number of aromatic nitrogens is 1. The SMILES string of the molecule is COCCCN1C(=O)/C(=C\c2cccn2-c2cccc(C(=O)O)c2)SC1=Nc1ccccc1. The van der Waals surface area contributed by atoms with Crippen LogP contribution in [-0.2, 0) is 9.53 Å². The lowest BCUT2D eigenvalue weighted by Crippen LogP contribution is -2.30. The van der Waals surface area contributed by atoms with Crippen LogP contribution in [0.4, 0.5) is 5.69 Å². The lowest BCUT2D eigenvalue weighted by Gasteiger charge is -2.15. The van der Waals surface area contributed by atoms with Crippen molar-refractivity contribution in [3.05, 3.63) is 89.1 Å². The number of methoxy groups -OCH3 is 1. The zero-order valence-electron chi connectivity index (χ0n) is 18.0. The van der Waals surface area contributed by atoms with E-state index >= 15 is 0 Å². The molecule has 0 bridgehead atoms. The Morgan fingerprint density at radius 3 is 2.70 bits per heavy atom. The van der Waals surface area contributed by atoms with Crippen LogP contribution < -0.4 is 0 Å². The first-order valence-electron chi connectivity index (χ1n) is 10.4. The minimum atomic E-state index is -0.987. The van der Waals surface area contributed by atoms with E-state index < -0.39 is 5.97 Å². The van der Waals surface area contributed by atoms with Gasteiger partial charge in [-0.15, -0.1) is 0 Å². The van der Waals surface area contributed by atoms with Crippen LogP contribution >= 0.6 is 11.8 Å². The highest BCUT2D eigenvalue weighted by Crippen LogP contribution is 2.34. The van der Waals surface area contributed by atoms with E-state index in [1.165, 1.54) is 11.8 Å². The van der Waals surface area contributed by atoms with Gasteiger partial charge in [0.25, 0.3) is 5.91 Å². The largest absolute Gasteiger partial charge is 0.478 e. The first kappa shape index (κ1) is 22.6. The molecule has 1 aliphatic heterocycles. The summed E-state index contributed by atoms with van der Waals surface area (Å²) in [6.45, 7) is 1.05. The molecule has 0 saturated carbocycles. The van der Waals surface area contributed by atoms with Crippen LogP contribution in [0.15, 0.2) is 82.8 Å². The number of aliphatic imine (C=N–C) groups is 1. The van der Waals surface area contributed by atoms with Crippen molar-refractivity contribution >= 4 is 40.6 Å². The third-order valence-electron chi connectivity index (χ3n) is 5.03. The average molecular weight is 462 g/mol. The first-order chi connectivity index (χ1) is 16.1. The van der Waals surface area contributed by atoms with E-state index in [0.29, 0.717) is 35.3 Å². The van der Waals surface area contributed by atoms with E-state index in [9.17, 15) is 14.7 Å². The molecular weight excluding hydrogens is 438 g/mol. The van der Waals surface area contributed by atoms with Gasteiger partial charge in [0.2, 0.25) is 0 Å². The predicted octanol–water partition coefficient (Wildman–Crippen LogP) is 4.82. The second kappa shape index (κ2) is 10.3. The Bertz CT molecular complexity index is 1220. The molecule has 0 aliphatic carbocycles. The molecule has 0 radical (unpaired) electrons. The zero-order chi connectivity index (χ0) is 23.2. The number of nitrogens with zero attached hydrogens (tertiary/aromatic N) is 3. The molecule has 33 heavy (non-hydrogen) atoms. The summed E-state index contributed by atoms with van der Waals surface area (Å²) < 4.78 is 7.01. The quantitative estimate of drug-likeness (QED) is 0.384. The summed E-state index contributed by atoms with van der Waals surface area (Å²) in [6, 6.07) is 20.0. The van der Waals surface area contributed by atoms with Crippen LogP contribution in [0.1, 0.15) is 22.5 Å². The van der Waals surface area contributed by atoms with Crippen molar-refractivity contribution < 1.29 is 19.4 Å². The number of thioether (sulfide) groups is 1. The summed E-state index contributed by atoms with van der Waals surface area (Å²) in [7, 11) is 1.64. The van der Waals surface area contributed by atoms with E-state index in [4.69, 9.17) is 9.73 Å². The molecule has 1 N–H and O–H groups in total. The van der Waals surface area contributed by atoms with E-state index in [1.54, 1.807) is 30.2 Å². The number of aromatic carboxylic acids is 1. The maximum absolute atomic E-state index is 13.2. The maximum atomic E-state index is 13.2. The number of amidine groups is 1. The number of carbonyl (C=O) groups excluding carboxylic acids is 1. The van der Waals surface area contributed by atoms with Gasteiger partial charge in [-0.25, -0.2) is 9.79 Å². The first-order valence-corrected chi connectivity index (χ1v) is 11.2. The van der Waals surface area contributed by atoms with Gasteiger partial charge in [0, 0.05) is 37.8 Å². The molecule has 2 aromatic carbocycles. The number of rotatable bonds is 8. The van der Waals surface area contributed by atoms with Gasteiger partial charge in [0.05, 0.1) is 16.2 Å². The fraction of sp³-hybridized carbons (Fsp3) is 0.160. The van der Waals surface area contributed by atoms with Crippen molar-refractivity contribution in [1.29, 1.82) is 0 Å². The number of hydrogen-bond donors (Lipinski definition) is 1. The molecule has 1 fully saturated rings. The van der Waals surface area contributed by atoms with Crippen molar-refractivity contribution in [1.82, 2.24) is 9.47 Å². The maximum Gasteiger partial charge on any atom is 0.335 e. The fourth-order valence-corrected chi connectivity index (χ4v) is 4.45. The van der Waals surface area contributed by atoms with Gasteiger partial charge >= 0.3 is 5.97 Å². The van der Waals surface area contributed by atoms with Gasteiger partial charge in [-0.2, -0.15) is 0 Å². The van der Waals surface area contributed by atoms with Crippen LogP contribution in [0, 0.1) is 0 Å². The molecule has 168 valence electrons. The highest BCUT2D eigenvalue weighted by atomic mass is 32.2. The van der Waals surface area contributed by atoms with E-state index in [0.717, 1.165) is 11.4 Å². The standard InChI is InChI=1S/C25H23N3O4S/c1-32-15-7-14-28-23(29)22(33-25(28)26-19-9-3-2-4-10-19)17-21-12-6-13-27(21)20-11-5-8-18(16-20)24(30)31/h2-6,8-13,16-17H,7,14-15H2,1H3,(H,30,31)/b22-17+,26-25?. The lowest BCUT2D eigenvalue weighted by molar-refractivity contribution is -0.122. The van der Waals surface area contributed by atoms with Crippen molar-refractivity contribution in [2.24, 2.45) is 4.99 Å². The number of benzene rings is 2. The Balaban J connectivity index is 1.67. The molecular formula is C25H23N3O4S. The van der Waals surface area contributed by atoms with Crippen LogP contribution in [0.2, 0.25) is 0 Å². The van der Waals surface area contributed by atoms with Gasteiger partial charge in [0.15, 0.2) is 5.17 Å². The summed E-state index contributed by atoms with van der Waals surface area (Å²) in [5.74, 6) is -1.10. The molecule has 0 atom stereocenters. The van der Waals surface area contributed by atoms with Crippen molar-refractivity contribution in [3.8, 4) is 5.69 Å². The minimum absolute atomic E-state index is 0.113. The molecule has 1 amide bonds. The number of carbonyl (C=O) groups is 2. The topological polar surface area (TPSA) is 84.1 Å².